The summed E-state index contributed by atoms with van der Waals surface area (Å²) in [6, 6.07) is 7.63. The van der Waals surface area contributed by atoms with Gasteiger partial charge in [0.1, 0.15) is 5.82 Å². The Balaban J connectivity index is 2.02. The van der Waals surface area contributed by atoms with Crippen LogP contribution in [0.1, 0.15) is 6.92 Å². The van der Waals surface area contributed by atoms with E-state index in [-0.39, 0.29) is 12.2 Å². The molecule has 0 fully saturated rings. The maximum absolute atomic E-state index is 13.9. The molecule has 1 atom stereocenters. The van der Waals surface area contributed by atoms with Crippen LogP contribution in [0.5, 0.6) is 0 Å². The average molecular weight is 337 g/mol. The van der Waals surface area contributed by atoms with E-state index >= 15 is 0 Å². The third-order valence-corrected chi connectivity index (χ3v) is 4.10. The molecule has 0 spiro atoms. The first-order chi connectivity index (χ1) is 10.9. The van der Waals surface area contributed by atoms with Crippen LogP contribution in [0.15, 0.2) is 42.7 Å². The summed E-state index contributed by atoms with van der Waals surface area (Å²) in [5, 5.41) is 15.0. The van der Waals surface area contributed by atoms with Gasteiger partial charge in [0.25, 0.3) is 0 Å². The summed E-state index contributed by atoms with van der Waals surface area (Å²) in [4.78, 5) is 11.9. The van der Waals surface area contributed by atoms with Crippen molar-refractivity contribution in [2.75, 3.05) is 23.9 Å². The van der Waals surface area contributed by atoms with Crippen molar-refractivity contribution in [2.24, 2.45) is 0 Å². The van der Waals surface area contributed by atoms with Gasteiger partial charge in [0.2, 0.25) is 0 Å². The highest BCUT2D eigenvalue weighted by Gasteiger charge is 2.20. The molecule has 0 aliphatic rings. The van der Waals surface area contributed by atoms with Gasteiger partial charge in [0.05, 0.1) is 11.3 Å². The van der Waals surface area contributed by atoms with E-state index in [1.165, 1.54) is 17.8 Å². The monoisotopic (exact) mass is 337 g/mol. The molecule has 1 aromatic heterocycles. The fourth-order valence-corrected chi connectivity index (χ4v) is 2.80. The van der Waals surface area contributed by atoms with Crippen molar-refractivity contribution in [1.29, 1.82) is 0 Å². The molecule has 0 aliphatic carbocycles. The van der Waals surface area contributed by atoms with Crippen LogP contribution in [-0.4, -0.2) is 39.9 Å². The first kappa shape index (κ1) is 17.4. The Morgan fingerprint density at radius 2 is 2.09 bits per heavy atom. The predicted molar refractivity (Wildman–Crippen MR) is 91.8 cm³/mol. The lowest BCUT2D eigenvalue weighted by Crippen LogP contribution is -2.44. The largest absolute Gasteiger partial charge is 0.387 e. The van der Waals surface area contributed by atoms with Gasteiger partial charge in [-0.1, -0.05) is 0 Å². The van der Waals surface area contributed by atoms with Crippen LogP contribution in [0.25, 0.3) is 5.69 Å². The van der Waals surface area contributed by atoms with Crippen molar-refractivity contribution in [3.63, 3.8) is 0 Å². The minimum Gasteiger partial charge on any atom is -0.387 e. The molecule has 1 heterocycles. The lowest BCUT2D eigenvalue weighted by atomic mass is 10.1. The van der Waals surface area contributed by atoms with Gasteiger partial charge < -0.3 is 20.3 Å². The van der Waals surface area contributed by atoms with E-state index in [9.17, 15) is 14.3 Å². The highest BCUT2D eigenvalue weighted by atomic mass is 32.2. The van der Waals surface area contributed by atoms with E-state index in [1.54, 1.807) is 19.1 Å². The number of aromatic nitrogens is 1. The number of carbonyl (C=O) groups is 1. The summed E-state index contributed by atoms with van der Waals surface area (Å²) in [7, 11) is 0. The molecule has 23 heavy (non-hydrogen) atoms. The molecule has 0 aliphatic heterocycles. The van der Waals surface area contributed by atoms with Crippen molar-refractivity contribution < 1.29 is 14.3 Å². The number of amides is 2. The summed E-state index contributed by atoms with van der Waals surface area (Å²) in [6.07, 6.45) is 5.53. The van der Waals surface area contributed by atoms with E-state index in [1.807, 2.05) is 35.3 Å². The van der Waals surface area contributed by atoms with Crippen LogP contribution >= 0.6 is 11.8 Å². The normalized spacial score (nSPS) is 13.4. The second-order valence-electron chi connectivity index (χ2n) is 5.49. The Kier molecular flexibility index (Phi) is 5.68. The van der Waals surface area contributed by atoms with E-state index in [0.717, 1.165) is 5.69 Å². The number of urea groups is 1. The molecule has 5 nitrogen and oxygen atoms in total. The predicted octanol–water partition coefficient (Wildman–Crippen LogP) is 2.85. The molecule has 2 aromatic rings. The first-order valence-corrected chi connectivity index (χ1v) is 8.50. The summed E-state index contributed by atoms with van der Waals surface area (Å²) in [5.74, 6) is -0.0305. The zero-order chi connectivity index (χ0) is 16.9. The van der Waals surface area contributed by atoms with Crippen LogP contribution in [0.3, 0.4) is 0 Å². The maximum atomic E-state index is 13.9. The molecule has 1 aromatic carbocycles. The number of aliphatic hydroxyl groups is 1. The molecule has 0 saturated heterocycles. The van der Waals surface area contributed by atoms with Gasteiger partial charge in [-0.2, -0.15) is 11.8 Å². The fraction of sp³-hybridized carbons (Fsp3) is 0.312. The molecule has 124 valence electrons. The van der Waals surface area contributed by atoms with Crippen LogP contribution in [0.4, 0.5) is 14.9 Å². The summed E-state index contributed by atoms with van der Waals surface area (Å²) in [6.45, 7) is 1.72. The molecule has 0 unspecified atom stereocenters. The van der Waals surface area contributed by atoms with E-state index < -0.39 is 17.4 Å². The number of halogens is 1. The van der Waals surface area contributed by atoms with Crippen LogP contribution in [0, 0.1) is 5.82 Å². The third kappa shape index (κ3) is 5.01. The standard InChI is InChI=1S/C16H20FN3O2S/c1-16(22,11-23-2)10-18-15(21)19-14-9-12(5-6-13(14)17)20-7-3-4-8-20/h3-9,22H,10-11H2,1-2H3,(H2,18,19,21)/t16-/m1/s1. The molecule has 0 bridgehead atoms. The Morgan fingerprint density at radius 1 is 1.39 bits per heavy atom. The molecule has 7 heteroatoms. The van der Waals surface area contributed by atoms with E-state index in [4.69, 9.17) is 0 Å². The fourth-order valence-electron chi connectivity index (χ4n) is 2.08. The van der Waals surface area contributed by atoms with Crippen molar-refractivity contribution >= 4 is 23.5 Å². The van der Waals surface area contributed by atoms with Crippen molar-refractivity contribution in [2.45, 2.75) is 12.5 Å². The number of hydrogen-bond acceptors (Lipinski definition) is 3. The number of benzene rings is 1. The van der Waals surface area contributed by atoms with Crippen molar-refractivity contribution in [1.82, 2.24) is 9.88 Å². The Labute approximate surface area is 138 Å². The molecule has 0 radical (unpaired) electrons. The highest BCUT2D eigenvalue weighted by molar-refractivity contribution is 7.98. The topological polar surface area (TPSA) is 66.3 Å². The summed E-state index contributed by atoms with van der Waals surface area (Å²) in [5.41, 5.74) is -0.193. The number of nitrogens with one attached hydrogen (secondary N) is 2. The van der Waals surface area contributed by atoms with Gasteiger partial charge in [0.15, 0.2) is 0 Å². The van der Waals surface area contributed by atoms with Gasteiger partial charge in [-0.05, 0) is 43.5 Å². The number of nitrogens with zero attached hydrogens (tertiary/aromatic N) is 1. The van der Waals surface area contributed by atoms with Crippen molar-refractivity contribution in [3.8, 4) is 5.69 Å². The zero-order valence-corrected chi connectivity index (χ0v) is 13.9. The molecule has 2 amide bonds. The minimum atomic E-state index is -1.01. The maximum Gasteiger partial charge on any atom is 0.319 e. The summed E-state index contributed by atoms with van der Waals surface area (Å²) < 4.78 is 15.7. The number of carbonyl (C=O) groups excluding carboxylic acids is 1. The average Bonchev–Trinajstić information content (AvgIpc) is 3.02. The lowest BCUT2D eigenvalue weighted by Gasteiger charge is -2.22. The second kappa shape index (κ2) is 7.52. The Bertz CT molecular complexity index is 659. The van der Waals surface area contributed by atoms with Gasteiger partial charge >= 0.3 is 6.03 Å². The second-order valence-corrected chi connectivity index (χ2v) is 6.36. The van der Waals surface area contributed by atoms with Crippen LogP contribution in [-0.2, 0) is 0 Å². The number of anilines is 1. The van der Waals surface area contributed by atoms with Crippen molar-refractivity contribution in [3.05, 3.63) is 48.5 Å². The van der Waals surface area contributed by atoms with Gasteiger partial charge in [-0.25, -0.2) is 9.18 Å². The number of rotatable bonds is 6. The lowest BCUT2D eigenvalue weighted by molar-refractivity contribution is 0.0876. The quantitative estimate of drug-likeness (QED) is 0.759. The molecule has 0 saturated carbocycles. The van der Waals surface area contributed by atoms with Gasteiger partial charge in [0, 0.05) is 30.4 Å². The van der Waals surface area contributed by atoms with Crippen LogP contribution in [0.2, 0.25) is 0 Å². The molecular weight excluding hydrogens is 317 g/mol. The summed E-state index contributed by atoms with van der Waals surface area (Å²) >= 11 is 1.48. The SMILES string of the molecule is CSC[C@](C)(O)CNC(=O)Nc1cc(-n2cccc2)ccc1F. The molecule has 2 rings (SSSR count). The van der Waals surface area contributed by atoms with E-state index in [0.29, 0.717) is 5.75 Å². The Morgan fingerprint density at radius 3 is 2.74 bits per heavy atom. The van der Waals surface area contributed by atoms with Crippen LogP contribution < -0.4 is 10.6 Å². The molecular formula is C16H20FN3O2S. The van der Waals surface area contributed by atoms with Gasteiger partial charge in [-0.15, -0.1) is 0 Å². The van der Waals surface area contributed by atoms with E-state index in [2.05, 4.69) is 10.6 Å². The smallest absolute Gasteiger partial charge is 0.319 e. The molecule has 3 N–H and O–H groups in total. The minimum absolute atomic E-state index is 0.0817. The Hall–Kier alpha value is -1.99. The first-order valence-electron chi connectivity index (χ1n) is 7.10. The highest BCUT2D eigenvalue weighted by Crippen LogP contribution is 2.19. The third-order valence-electron chi connectivity index (χ3n) is 3.19. The number of thioether (sulfide) groups is 1. The number of hydrogen-bond donors (Lipinski definition) is 3. The van der Waals surface area contributed by atoms with Gasteiger partial charge in [-0.3, -0.25) is 0 Å². The zero-order valence-electron chi connectivity index (χ0n) is 13.0.